The Bertz CT molecular complexity index is 1390. The molecule has 0 aliphatic rings. The molecule has 45 heavy (non-hydrogen) atoms. The van der Waals surface area contributed by atoms with Crippen LogP contribution in [-0.4, -0.2) is 67.2 Å². The van der Waals surface area contributed by atoms with Crippen LogP contribution in [0.5, 0.6) is 0 Å². The summed E-state index contributed by atoms with van der Waals surface area (Å²) in [6.07, 6.45) is 1.74. The lowest BCUT2D eigenvalue weighted by atomic mass is 10.1. The Morgan fingerprint density at radius 3 is 2.38 bits per heavy atom. The molecule has 2 aromatic rings. The minimum Gasteiger partial charge on any atom is -0.453 e. The molecule has 0 spiro atoms. The van der Waals surface area contributed by atoms with Crippen LogP contribution in [0.25, 0.3) is 5.70 Å². The van der Waals surface area contributed by atoms with E-state index in [0.717, 1.165) is 30.0 Å². The molecule has 0 saturated carbocycles. The number of nitrogens with zero attached hydrogens (tertiary/aromatic N) is 4. The second-order valence-electron chi connectivity index (χ2n) is 9.89. The number of carbonyl (C=O) groups excluding carboxylic acids is 2. The standard InChI is InChI=1S/C30H43F3N8O3S/c1-7-11-20(14-23(8-2)41(35)19-25(34)26-18-36-28(45-26)38-29(43)44-6)27(42)37-22-15-21(30(31,32)33)16-24(17-22)40(10-4)13-12-39(5)9-3/h11,14-19H,7-10,12-13,34-35H2,1-6H3,(H,37,42)(H,36,38,43)/b20-11+,23-14+,25-19-. The number of hydrogen-bond acceptors (Lipinski definition) is 10. The van der Waals surface area contributed by atoms with E-state index in [1.807, 2.05) is 39.6 Å². The minimum atomic E-state index is -4.60. The third-order valence-corrected chi connectivity index (χ3v) is 7.67. The number of hydrogen-bond donors (Lipinski definition) is 4. The van der Waals surface area contributed by atoms with Gasteiger partial charge in [0.05, 0.1) is 23.2 Å². The number of thiazole rings is 1. The zero-order valence-electron chi connectivity index (χ0n) is 26.5. The van der Waals surface area contributed by atoms with Gasteiger partial charge in [-0.3, -0.25) is 15.1 Å². The van der Waals surface area contributed by atoms with Gasteiger partial charge in [-0.05, 0) is 57.6 Å². The van der Waals surface area contributed by atoms with Gasteiger partial charge in [0.25, 0.3) is 5.91 Å². The number of rotatable bonds is 15. The third-order valence-electron chi connectivity index (χ3n) is 6.71. The normalized spacial score (nSPS) is 12.7. The number of ether oxygens (including phenoxy) is 1. The molecule has 0 bridgehead atoms. The van der Waals surface area contributed by atoms with Gasteiger partial charge in [-0.1, -0.05) is 38.2 Å². The number of halogens is 3. The van der Waals surface area contributed by atoms with Crippen molar-refractivity contribution >= 4 is 45.5 Å². The Balaban J connectivity index is 2.36. The van der Waals surface area contributed by atoms with Crippen molar-refractivity contribution < 1.29 is 27.5 Å². The summed E-state index contributed by atoms with van der Waals surface area (Å²) in [5.41, 5.74) is 6.71. The number of allylic oxidation sites excluding steroid dienone is 2. The van der Waals surface area contributed by atoms with Crippen molar-refractivity contribution in [2.45, 2.75) is 46.7 Å². The summed E-state index contributed by atoms with van der Waals surface area (Å²) in [4.78, 5) is 33.4. The molecule has 2 amide bonds. The number of aromatic nitrogens is 1. The SMILES string of the molecule is CC/C=C(\C=C(/CC)N(N)/C=C(\N)c1cnc(NC(=O)OC)s1)C(=O)Nc1cc(N(CC)CCN(C)CC)cc(C(F)(F)F)c1. The van der Waals surface area contributed by atoms with E-state index in [0.29, 0.717) is 48.7 Å². The summed E-state index contributed by atoms with van der Waals surface area (Å²) in [6, 6.07) is 3.58. The predicted molar refractivity (Wildman–Crippen MR) is 174 cm³/mol. The van der Waals surface area contributed by atoms with E-state index in [-0.39, 0.29) is 22.1 Å². The van der Waals surface area contributed by atoms with E-state index in [9.17, 15) is 22.8 Å². The molecule has 1 aromatic heterocycles. The van der Waals surface area contributed by atoms with Gasteiger partial charge < -0.3 is 25.6 Å². The summed E-state index contributed by atoms with van der Waals surface area (Å²) >= 11 is 1.11. The number of anilines is 3. The quantitative estimate of drug-likeness (QED) is 0.0810. The molecule has 2 rings (SSSR count). The summed E-state index contributed by atoms with van der Waals surface area (Å²) in [5, 5.41) is 6.64. The molecule has 0 saturated heterocycles. The maximum atomic E-state index is 13.9. The monoisotopic (exact) mass is 652 g/mol. The highest BCUT2D eigenvalue weighted by Crippen LogP contribution is 2.35. The largest absolute Gasteiger partial charge is 0.453 e. The number of nitrogens with two attached hydrogens (primary N) is 2. The van der Waals surface area contributed by atoms with E-state index in [1.165, 1.54) is 24.5 Å². The molecule has 0 aliphatic heterocycles. The van der Waals surface area contributed by atoms with Crippen molar-refractivity contribution in [3.8, 4) is 0 Å². The number of amides is 2. The maximum absolute atomic E-state index is 13.9. The number of likely N-dealkylation sites (N-methyl/N-ethyl adjacent to an activating group) is 2. The first-order valence-corrected chi connectivity index (χ1v) is 15.3. The van der Waals surface area contributed by atoms with Crippen molar-refractivity contribution in [1.82, 2.24) is 14.9 Å². The zero-order chi connectivity index (χ0) is 33.7. The van der Waals surface area contributed by atoms with Crippen molar-refractivity contribution in [2.75, 3.05) is 55.9 Å². The average molecular weight is 653 g/mol. The highest BCUT2D eigenvalue weighted by molar-refractivity contribution is 7.16. The van der Waals surface area contributed by atoms with E-state index < -0.39 is 23.7 Å². The van der Waals surface area contributed by atoms with Gasteiger partial charge in [-0.2, -0.15) is 13.2 Å². The van der Waals surface area contributed by atoms with Crippen molar-refractivity contribution in [1.29, 1.82) is 0 Å². The fourth-order valence-electron chi connectivity index (χ4n) is 4.03. The van der Waals surface area contributed by atoms with Crippen molar-refractivity contribution in [3.05, 3.63) is 64.5 Å². The van der Waals surface area contributed by atoms with E-state index in [1.54, 1.807) is 18.2 Å². The summed E-state index contributed by atoms with van der Waals surface area (Å²) in [7, 11) is 3.17. The fourth-order valence-corrected chi connectivity index (χ4v) is 4.75. The first-order valence-electron chi connectivity index (χ1n) is 14.5. The topological polar surface area (TPSA) is 142 Å². The molecule has 248 valence electrons. The third kappa shape index (κ3) is 11.4. The smallest absolute Gasteiger partial charge is 0.416 e. The number of carbonyl (C=O) groups is 2. The molecule has 1 aromatic carbocycles. The molecular weight excluding hydrogens is 609 g/mol. The van der Waals surface area contributed by atoms with Crippen molar-refractivity contribution in [2.24, 2.45) is 11.6 Å². The Kier molecular flexibility index (Phi) is 14.4. The van der Waals surface area contributed by atoms with Crippen LogP contribution in [0.2, 0.25) is 0 Å². The number of methoxy groups -OCH3 is 1. The molecule has 0 aliphatic carbocycles. The lowest BCUT2D eigenvalue weighted by molar-refractivity contribution is -0.137. The fraction of sp³-hybridized carbons (Fsp3) is 0.433. The van der Waals surface area contributed by atoms with E-state index in [2.05, 4.69) is 25.3 Å². The summed E-state index contributed by atoms with van der Waals surface area (Å²) in [6.45, 7) is 10.0. The van der Waals surface area contributed by atoms with Crippen LogP contribution >= 0.6 is 11.3 Å². The van der Waals surface area contributed by atoms with Gasteiger partial charge in [0.2, 0.25) is 0 Å². The van der Waals surface area contributed by atoms with Crippen LogP contribution in [-0.2, 0) is 15.7 Å². The van der Waals surface area contributed by atoms with Crippen LogP contribution in [0, 0.1) is 0 Å². The molecule has 1 heterocycles. The lowest BCUT2D eigenvalue weighted by Gasteiger charge is -2.27. The van der Waals surface area contributed by atoms with E-state index >= 15 is 0 Å². The molecule has 0 unspecified atom stereocenters. The van der Waals surface area contributed by atoms with Crippen LogP contribution in [0.15, 0.2) is 54.0 Å². The Labute approximate surface area is 266 Å². The molecule has 11 nitrogen and oxygen atoms in total. The van der Waals surface area contributed by atoms with E-state index in [4.69, 9.17) is 11.6 Å². The zero-order valence-corrected chi connectivity index (χ0v) is 27.3. The van der Waals surface area contributed by atoms with Gasteiger partial charge >= 0.3 is 12.3 Å². The Hall–Kier alpha value is -4.08. The first-order chi connectivity index (χ1) is 21.3. The van der Waals surface area contributed by atoms with Gasteiger partial charge in [0.15, 0.2) is 5.13 Å². The van der Waals surface area contributed by atoms with Gasteiger partial charge in [-0.25, -0.2) is 15.6 Å². The van der Waals surface area contributed by atoms with Crippen LogP contribution in [0.1, 0.15) is 51.0 Å². The number of hydrazine groups is 1. The number of alkyl halides is 3. The van der Waals surface area contributed by atoms with Crippen molar-refractivity contribution in [3.63, 3.8) is 0 Å². The van der Waals surface area contributed by atoms with Gasteiger partial charge in [-0.15, -0.1) is 0 Å². The molecule has 6 N–H and O–H groups in total. The molecular formula is C30H43F3N8O3S. The number of benzene rings is 1. The maximum Gasteiger partial charge on any atom is 0.416 e. The second-order valence-corrected chi connectivity index (χ2v) is 10.9. The lowest BCUT2D eigenvalue weighted by Crippen LogP contribution is -2.33. The summed E-state index contributed by atoms with van der Waals surface area (Å²) in [5.74, 6) is 5.69. The first kappa shape index (κ1) is 37.1. The van der Waals surface area contributed by atoms with Crippen LogP contribution < -0.4 is 27.1 Å². The highest BCUT2D eigenvalue weighted by Gasteiger charge is 2.32. The predicted octanol–water partition coefficient (Wildman–Crippen LogP) is 5.82. The molecule has 15 heteroatoms. The second kappa shape index (κ2) is 17.4. The van der Waals surface area contributed by atoms with Gasteiger partial charge in [0, 0.05) is 54.7 Å². The van der Waals surface area contributed by atoms with Crippen LogP contribution in [0.3, 0.4) is 0 Å². The minimum absolute atomic E-state index is 0.0240. The molecule has 0 radical (unpaired) electrons. The average Bonchev–Trinajstić information content (AvgIpc) is 3.47. The Morgan fingerprint density at radius 2 is 1.80 bits per heavy atom. The molecule has 0 atom stereocenters. The highest BCUT2D eigenvalue weighted by atomic mass is 32.1. The molecule has 0 fully saturated rings. The summed E-state index contributed by atoms with van der Waals surface area (Å²) < 4.78 is 46.2. The van der Waals surface area contributed by atoms with Gasteiger partial charge in [0.1, 0.15) is 0 Å². The number of nitrogens with one attached hydrogen (secondary N) is 2. The Morgan fingerprint density at radius 1 is 1.09 bits per heavy atom. The van der Waals surface area contributed by atoms with Crippen LogP contribution in [0.4, 0.5) is 34.5 Å².